The Morgan fingerprint density at radius 2 is 1.61 bits per heavy atom. The van der Waals surface area contributed by atoms with Gasteiger partial charge in [-0.3, -0.25) is 19.3 Å². The molecule has 0 aliphatic heterocycles. The number of phosphoric acid groups is 1. The smallest absolute Gasteiger partial charge is 0.466 e. The summed E-state index contributed by atoms with van der Waals surface area (Å²) in [5.74, 6) is -9.66. The second kappa shape index (κ2) is 9.25. The highest BCUT2D eigenvalue weighted by molar-refractivity contribution is 7.45. The van der Waals surface area contributed by atoms with E-state index in [0.29, 0.717) is 0 Å². The number of hydrogen-bond acceptors (Lipinski definition) is 11. The third-order valence-electron chi connectivity index (χ3n) is 7.04. The zero-order valence-corrected chi connectivity index (χ0v) is 21.1. The van der Waals surface area contributed by atoms with Gasteiger partial charge < -0.3 is 51.1 Å². The lowest BCUT2D eigenvalue weighted by molar-refractivity contribution is -0.173. The second-order valence-electron chi connectivity index (χ2n) is 9.57. The molecule has 16 heteroatoms. The number of phenols is 1. The molecule has 1 aromatic rings. The SMILES string of the molecule is CN(C)[C@@H]1C(O)=C(C(N)=O)C(=O)[C@@]2(O)C(O)=C3C(=O)c4c(O)cccc4[C@@](C)(O)[C@H]3[C@H](O)[C@@H]12.O=P(O)(O)O. The predicted octanol–water partition coefficient (Wildman–Crippen LogP) is -2.17. The van der Waals surface area contributed by atoms with Crippen LogP contribution in [0.2, 0.25) is 0 Å². The number of primary amides is 1. The topological polar surface area (TPSA) is 280 Å². The van der Waals surface area contributed by atoms with Crippen molar-refractivity contribution in [3.05, 3.63) is 52.0 Å². The second-order valence-corrected chi connectivity index (χ2v) is 10.6. The predicted molar refractivity (Wildman–Crippen MR) is 125 cm³/mol. The summed E-state index contributed by atoms with van der Waals surface area (Å²) in [5, 5.41) is 66.5. The fraction of sp³-hybridized carbons (Fsp3) is 0.409. The number of carbonyl (C=O) groups excluding carboxylic acids is 3. The third kappa shape index (κ3) is 4.22. The monoisotopic (exact) mass is 558 g/mol. The fourth-order valence-electron chi connectivity index (χ4n) is 5.60. The van der Waals surface area contributed by atoms with Crippen LogP contribution in [0.4, 0.5) is 0 Å². The number of carbonyl (C=O) groups is 3. The van der Waals surface area contributed by atoms with E-state index in [1.807, 2.05) is 0 Å². The number of nitrogens with two attached hydrogens (primary N) is 1. The summed E-state index contributed by atoms with van der Waals surface area (Å²) in [6, 6.07) is 2.54. The van der Waals surface area contributed by atoms with Gasteiger partial charge in [0.1, 0.15) is 22.8 Å². The van der Waals surface area contributed by atoms with Crippen molar-refractivity contribution in [3.8, 4) is 5.75 Å². The van der Waals surface area contributed by atoms with Gasteiger partial charge in [0, 0.05) is 0 Å². The van der Waals surface area contributed by atoms with Gasteiger partial charge in [0.25, 0.3) is 5.91 Å². The molecule has 0 aromatic heterocycles. The molecule has 0 bridgehead atoms. The van der Waals surface area contributed by atoms with E-state index in [2.05, 4.69) is 0 Å². The highest BCUT2D eigenvalue weighted by Crippen LogP contribution is 2.56. The summed E-state index contributed by atoms with van der Waals surface area (Å²) in [6.07, 6.45) is -1.87. The van der Waals surface area contributed by atoms with E-state index in [1.165, 1.54) is 44.1 Å². The minimum Gasteiger partial charge on any atom is -0.510 e. The lowest BCUT2D eigenvalue weighted by atomic mass is 9.54. The molecular formula is C22H27N2O13P. The largest absolute Gasteiger partial charge is 0.510 e. The average Bonchev–Trinajstić information content (AvgIpc) is 2.75. The van der Waals surface area contributed by atoms with E-state index in [9.17, 15) is 45.0 Å². The van der Waals surface area contributed by atoms with E-state index in [0.717, 1.165) is 0 Å². The number of aliphatic hydroxyl groups is 5. The van der Waals surface area contributed by atoms with Gasteiger partial charge in [0.2, 0.25) is 5.78 Å². The molecule has 15 nitrogen and oxygen atoms in total. The van der Waals surface area contributed by atoms with Crippen molar-refractivity contribution in [2.75, 3.05) is 14.1 Å². The standard InChI is InChI=1S/C22H24N2O9.H3O4P/c1-21(32)7-5-4-6-8(25)9(7)15(26)10-12(21)17(28)13-14(24(2)3)16(27)11(20(23)31)19(30)22(13,33)18(10)29;1-5(2,3)4/h4-6,12-14,17,25,27-29,32-33H,1-3H3,(H2,23,31);(H3,1,2,3,4)/t12-,13-,14+,17+,21-,22+;/m1./s1. The van der Waals surface area contributed by atoms with Crippen LogP contribution in [-0.2, 0) is 19.8 Å². The molecule has 4 rings (SSSR count). The third-order valence-corrected chi connectivity index (χ3v) is 7.04. The maximum atomic E-state index is 13.3. The van der Waals surface area contributed by atoms with Crippen molar-refractivity contribution < 1.29 is 64.3 Å². The number of phenolic OH excluding ortho intramolecular Hbond substituents is 1. The van der Waals surface area contributed by atoms with Crippen molar-refractivity contribution >= 4 is 25.3 Å². The summed E-state index contributed by atoms with van der Waals surface area (Å²) in [4.78, 5) is 61.4. The molecule has 3 aliphatic carbocycles. The Hall–Kier alpha value is -3.14. The van der Waals surface area contributed by atoms with Crippen LogP contribution in [0.5, 0.6) is 5.75 Å². The van der Waals surface area contributed by atoms with Crippen molar-refractivity contribution in [1.29, 1.82) is 0 Å². The zero-order chi connectivity index (χ0) is 29.3. The molecule has 0 heterocycles. The number of benzene rings is 1. The maximum Gasteiger partial charge on any atom is 0.466 e. The lowest BCUT2D eigenvalue weighted by Gasteiger charge is -2.55. The van der Waals surface area contributed by atoms with Gasteiger partial charge >= 0.3 is 7.82 Å². The summed E-state index contributed by atoms with van der Waals surface area (Å²) in [7, 11) is -1.79. The highest BCUT2D eigenvalue weighted by atomic mass is 31.2. The van der Waals surface area contributed by atoms with Crippen LogP contribution in [0, 0.1) is 11.8 Å². The van der Waals surface area contributed by atoms with Crippen LogP contribution in [0.3, 0.4) is 0 Å². The molecule has 3 aliphatic rings. The number of likely N-dealkylation sites (N-methyl/N-ethyl adjacent to an activating group) is 1. The van der Waals surface area contributed by atoms with Crippen LogP contribution in [0.1, 0.15) is 22.8 Å². The van der Waals surface area contributed by atoms with Crippen molar-refractivity contribution in [2.45, 2.75) is 30.3 Å². The molecule has 208 valence electrons. The van der Waals surface area contributed by atoms with Gasteiger partial charge in [0.15, 0.2) is 11.4 Å². The van der Waals surface area contributed by atoms with Gasteiger partial charge in [0.05, 0.1) is 40.7 Å². The maximum absolute atomic E-state index is 13.3. The van der Waals surface area contributed by atoms with Crippen LogP contribution in [0.25, 0.3) is 0 Å². The molecule has 38 heavy (non-hydrogen) atoms. The summed E-state index contributed by atoms with van der Waals surface area (Å²) in [6.45, 7) is 1.25. The first kappa shape index (κ1) is 29.4. The van der Waals surface area contributed by atoms with Crippen LogP contribution < -0.4 is 5.73 Å². The van der Waals surface area contributed by atoms with Gasteiger partial charge in [-0.15, -0.1) is 0 Å². The molecule has 0 spiro atoms. The molecule has 6 atom stereocenters. The minimum atomic E-state index is -4.64. The van der Waals surface area contributed by atoms with Gasteiger partial charge in [-0.05, 0) is 32.6 Å². The van der Waals surface area contributed by atoms with Crippen LogP contribution in [0.15, 0.2) is 40.9 Å². The number of hydrogen-bond donors (Lipinski definition) is 10. The Kier molecular flexibility index (Phi) is 7.16. The lowest BCUT2D eigenvalue weighted by Crippen LogP contribution is -2.70. The first-order valence-corrected chi connectivity index (χ1v) is 12.4. The Bertz CT molecular complexity index is 1340. The van der Waals surface area contributed by atoms with Crippen molar-refractivity contribution in [2.24, 2.45) is 17.6 Å². The zero-order valence-electron chi connectivity index (χ0n) is 20.2. The number of Topliss-reactive ketones (excluding diaryl/α,β-unsaturated/α-hetero) is 2. The van der Waals surface area contributed by atoms with E-state index >= 15 is 0 Å². The molecule has 0 saturated carbocycles. The number of nitrogens with zero attached hydrogens (tertiary/aromatic N) is 1. The Balaban J connectivity index is 0.000000732. The van der Waals surface area contributed by atoms with Gasteiger partial charge in [-0.25, -0.2) is 4.57 Å². The first-order valence-electron chi connectivity index (χ1n) is 10.9. The van der Waals surface area contributed by atoms with Crippen molar-refractivity contribution in [3.63, 3.8) is 0 Å². The molecule has 0 saturated heterocycles. The molecule has 0 fully saturated rings. The molecule has 1 aromatic carbocycles. The molecule has 1 amide bonds. The number of rotatable bonds is 2. The van der Waals surface area contributed by atoms with Crippen LogP contribution >= 0.6 is 7.82 Å². The minimum absolute atomic E-state index is 0.0281. The normalized spacial score (nSPS) is 32.8. The van der Waals surface area contributed by atoms with Gasteiger partial charge in [-0.2, -0.15) is 0 Å². The Labute approximate surface area is 214 Å². The van der Waals surface area contributed by atoms with E-state index < -0.39 is 88.9 Å². The number of fused-ring (bicyclic) bond motifs is 3. The average molecular weight is 558 g/mol. The van der Waals surface area contributed by atoms with E-state index in [1.54, 1.807) is 0 Å². The molecule has 0 radical (unpaired) electrons. The van der Waals surface area contributed by atoms with E-state index in [-0.39, 0.29) is 11.1 Å². The van der Waals surface area contributed by atoms with E-state index in [4.69, 9.17) is 25.0 Å². The van der Waals surface area contributed by atoms with Gasteiger partial charge in [-0.1, -0.05) is 12.1 Å². The number of aliphatic hydroxyl groups excluding tert-OH is 3. The summed E-state index contributed by atoms with van der Waals surface area (Å²) in [5.41, 5.74) is -1.88. The number of aromatic hydroxyl groups is 1. The fourth-order valence-corrected chi connectivity index (χ4v) is 5.60. The number of amides is 1. The Morgan fingerprint density at radius 1 is 1.08 bits per heavy atom. The number of ketones is 2. The van der Waals surface area contributed by atoms with Crippen molar-refractivity contribution in [1.82, 2.24) is 4.90 Å². The first-order chi connectivity index (χ1) is 17.2. The molecule has 0 unspecified atom stereocenters. The molecule has 11 N–H and O–H groups in total. The molecular weight excluding hydrogens is 531 g/mol. The summed E-state index contributed by atoms with van der Waals surface area (Å²) < 4.78 is 8.88. The Morgan fingerprint density at radius 3 is 2.08 bits per heavy atom. The summed E-state index contributed by atoms with van der Waals surface area (Å²) >= 11 is 0. The van der Waals surface area contributed by atoms with Crippen LogP contribution in [-0.4, -0.2) is 99.5 Å². The quantitative estimate of drug-likeness (QED) is 0.137. The highest BCUT2D eigenvalue weighted by Gasteiger charge is 2.69.